The molecule has 2 atom stereocenters. The fourth-order valence-electron chi connectivity index (χ4n) is 4.83. The summed E-state index contributed by atoms with van der Waals surface area (Å²) in [5, 5.41) is 3.80. The molecule has 1 N–H and O–H groups in total. The summed E-state index contributed by atoms with van der Waals surface area (Å²) >= 11 is 0. The van der Waals surface area contributed by atoms with Gasteiger partial charge in [-0.1, -0.05) is 60.7 Å². The summed E-state index contributed by atoms with van der Waals surface area (Å²) in [4.78, 5) is 0. The van der Waals surface area contributed by atoms with E-state index in [1.165, 1.54) is 22.3 Å². The summed E-state index contributed by atoms with van der Waals surface area (Å²) in [5.41, 5.74) is 5.29. The maximum atomic E-state index is 5.88. The zero-order valence-corrected chi connectivity index (χ0v) is 19.2. The van der Waals surface area contributed by atoms with Crippen molar-refractivity contribution in [3.05, 3.63) is 95.1 Å². The van der Waals surface area contributed by atoms with E-state index in [0.717, 1.165) is 37.3 Å². The smallest absolute Gasteiger partial charge is 0.161 e. The predicted molar refractivity (Wildman–Crippen MR) is 129 cm³/mol. The molecule has 1 aliphatic rings. The van der Waals surface area contributed by atoms with Crippen LogP contribution in [0.3, 0.4) is 0 Å². The van der Waals surface area contributed by atoms with Gasteiger partial charge in [-0.25, -0.2) is 0 Å². The molecule has 0 fully saturated rings. The maximum absolute atomic E-state index is 5.88. The number of benzene rings is 3. The molecule has 32 heavy (non-hydrogen) atoms. The standard InChI is InChI=1S/C28H33NO3/c1-30-26-17-23-19-28(32-3)27(31-2)18-22(23)16-25(26)29-15-14-24(20-10-6-4-7-11-20)21-12-8-5-9-13-21/h4-13,18-19,24-26,29H,14-17H2,1-3H3/t25-,26-/m0/s1. The van der Waals surface area contributed by atoms with Crippen LogP contribution in [0.15, 0.2) is 72.8 Å². The van der Waals surface area contributed by atoms with Crippen molar-refractivity contribution < 1.29 is 14.2 Å². The molecule has 0 saturated carbocycles. The van der Waals surface area contributed by atoms with Crippen molar-refractivity contribution in [2.24, 2.45) is 0 Å². The number of nitrogens with one attached hydrogen (secondary N) is 1. The number of methoxy groups -OCH3 is 3. The van der Waals surface area contributed by atoms with Gasteiger partial charge in [0.2, 0.25) is 0 Å². The van der Waals surface area contributed by atoms with Gasteiger partial charge in [0, 0.05) is 25.5 Å². The molecule has 3 aromatic rings. The van der Waals surface area contributed by atoms with Crippen molar-refractivity contribution in [1.82, 2.24) is 5.32 Å². The predicted octanol–water partition coefficient (Wildman–Crippen LogP) is 5.00. The lowest BCUT2D eigenvalue weighted by Crippen LogP contribution is -2.47. The summed E-state index contributed by atoms with van der Waals surface area (Å²) in [6.07, 6.45) is 2.94. The Morgan fingerprint density at radius 3 is 1.81 bits per heavy atom. The molecule has 0 aliphatic heterocycles. The SMILES string of the molecule is COc1cc2c(cc1OC)C[C@H](OC)[C@@H](NCCC(c1ccccc1)c1ccccc1)C2. The molecule has 0 spiro atoms. The highest BCUT2D eigenvalue weighted by atomic mass is 16.5. The minimum absolute atomic E-state index is 0.132. The Kier molecular flexibility index (Phi) is 7.46. The van der Waals surface area contributed by atoms with E-state index < -0.39 is 0 Å². The van der Waals surface area contributed by atoms with E-state index in [9.17, 15) is 0 Å². The molecule has 1 aliphatic carbocycles. The van der Waals surface area contributed by atoms with E-state index in [1.807, 2.05) is 7.11 Å². The monoisotopic (exact) mass is 431 g/mol. The highest BCUT2D eigenvalue weighted by Crippen LogP contribution is 2.35. The summed E-state index contributed by atoms with van der Waals surface area (Å²) in [6, 6.07) is 26.0. The lowest BCUT2D eigenvalue weighted by atomic mass is 9.85. The molecule has 4 rings (SSSR count). The number of rotatable bonds is 9. The lowest BCUT2D eigenvalue weighted by Gasteiger charge is -2.34. The van der Waals surface area contributed by atoms with Crippen molar-refractivity contribution in [1.29, 1.82) is 0 Å². The minimum Gasteiger partial charge on any atom is -0.493 e. The first-order valence-electron chi connectivity index (χ1n) is 11.3. The Balaban J connectivity index is 1.47. The van der Waals surface area contributed by atoms with Crippen LogP contribution in [0.2, 0.25) is 0 Å². The molecule has 0 heterocycles. The van der Waals surface area contributed by atoms with Crippen molar-refractivity contribution in [2.45, 2.75) is 37.3 Å². The molecule has 0 saturated heterocycles. The summed E-state index contributed by atoms with van der Waals surface area (Å²) < 4.78 is 16.9. The van der Waals surface area contributed by atoms with Gasteiger partial charge < -0.3 is 19.5 Å². The van der Waals surface area contributed by atoms with Gasteiger partial charge >= 0.3 is 0 Å². The van der Waals surface area contributed by atoms with Gasteiger partial charge in [0.25, 0.3) is 0 Å². The molecule has 0 aromatic heterocycles. The van der Waals surface area contributed by atoms with Gasteiger partial charge in [-0.2, -0.15) is 0 Å². The third kappa shape index (κ3) is 4.98. The molecule has 0 amide bonds. The molecule has 3 aromatic carbocycles. The van der Waals surface area contributed by atoms with E-state index >= 15 is 0 Å². The Hall–Kier alpha value is -2.82. The van der Waals surface area contributed by atoms with E-state index in [-0.39, 0.29) is 12.1 Å². The van der Waals surface area contributed by atoms with Gasteiger partial charge in [0.1, 0.15) is 0 Å². The number of ether oxygens (including phenoxy) is 3. The average molecular weight is 432 g/mol. The molecule has 0 radical (unpaired) electrons. The Morgan fingerprint density at radius 2 is 1.31 bits per heavy atom. The maximum Gasteiger partial charge on any atom is 0.161 e. The number of fused-ring (bicyclic) bond motifs is 1. The molecule has 0 unspecified atom stereocenters. The first-order chi connectivity index (χ1) is 15.7. The summed E-state index contributed by atoms with van der Waals surface area (Å²) in [7, 11) is 5.18. The largest absolute Gasteiger partial charge is 0.493 e. The molecule has 4 heteroatoms. The third-order valence-electron chi connectivity index (χ3n) is 6.56. The fraction of sp³-hybridized carbons (Fsp3) is 0.357. The normalized spacial score (nSPS) is 17.8. The van der Waals surface area contributed by atoms with Crippen molar-refractivity contribution in [3.8, 4) is 11.5 Å². The van der Waals surface area contributed by atoms with Crippen LogP contribution in [0.1, 0.15) is 34.6 Å². The molecule has 4 nitrogen and oxygen atoms in total. The zero-order chi connectivity index (χ0) is 22.3. The van der Waals surface area contributed by atoms with E-state index in [2.05, 4.69) is 78.1 Å². The highest BCUT2D eigenvalue weighted by Gasteiger charge is 2.29. The highest BCUT2D eigenvalue weighted by molar-refractivity contribution is 5.49. The first-order valence-corrected chi connectivity index (χ1v) is 11.3. The average Bonchev–Trinajstić information content (AvgIpc) is 2.86. The molecular formula is C28H33NO3. The topological polar surface area (TPSA) is 39.7 Å². The van der Waals surface area contributed by atoms with Crippen LogP contribution in [-0.2, 0) is 17.6 Å². The van der Waals surface area contributed by atoms with Crippen molar-refractivity contribution in [3.63, 3.8) is 0 Å². The van der Waals surface area contributed by atoms with E-state index in [1.54, 1.807) is 14.2 Å². The quantitative estimate of drug-likeness (QED) is 0.518. The first kappa shape index (κ1) is 22.4. The third-order valence-corrected chi connectivity index (χ3v) is 6.56. The second-order valence-corrected chi connectivity index (χ2v) is 8.38. The van der Waals surface area contributed by atoms with Crippen molar-refractivity contribution in [2.75, 3.05) is 27.9 Å². The van der Waals surface area contributed by atoms with Crippen LogP contribution in [-0.4, -0.2) is 40.0 Å². The zero-order valence-electron chi connectivity index (χ0n) is 19.2. The van der Waals surface area contributed by atoms with Gasteiger partial charge in [-0.05, 0) is 53.8 Å². The minimum atomic E-state index is 0.132. The summed E-state index contributed by atoms with van der Waals surface area (Å²) in [5.74, 6) is 1.93. The number of hydrogen-bond acceptors (Lipinski definition) is 4. The molecule has 168 valence electrons. The van der Waals surface area contributed by atoms with Crippen LogP contribution < -0.4 is 14.8 Å². The van der Waals surface area contributed by atoms with Crippen LogP contribution in [0.4, 0.5) is 0 Å². The van der Waals surface area contributed by atoms with Gasteiger partial charge in [-0.3, -0.25) is 0 Å². The second kappa shape index (κ2) is 10.7. The van der Waals surface area contributed by atoms with Crippen molar-refractivity contribution >= 4 is 0 Å². The van der Waals surface area contributed by atoms with Crippen LogP contribution in [0, 0.1) is 0 Å². The van der Waals surface area contributed by atoms with Gasteiger partial charge in [0.05, 0.1) is 20.3 Å². The molecule has 0 bridgehead atoms. The van der Waals surface area contributed by atoms with Crippen LogP contribution >= 0.6 is 0 Å². The van der Waals surface area contributed by atoms with E-state index in [0.29, 0.717) is 5.92 Å². The Labute approximate surface area is 191 Å². The second-order valence-electron chi connectivity index (χ2n) is 8.38. The Morgan fingerprint density at radius 1 is 0.781 bits per heavy atom. The van der Waals surface area contributed by atoms with Gasteiger partial charge in [0.15, 0.2) is 11.5 Å². The fourth-order valence-corrected chi connectivity index (χ4v) is 4.83. The van der Waals surface area contributed by atoms with Crippen LogP contribution in [0.5, 0.6) is 11.5 Å². The number of hydrogen-bond donors (Lipinski definition) is 1. The molecular weight excluding hydrogens is 398 g/mol. The van der Waals surface area contributed by atoms with Gasteiger partial charge in [-0.15, -0.1) is 0 Å². The summed E-state index contributed by atoms with van der Waals surface area (Å²) in [6.45, 7) is 0.918. The lowest BCUT2D eigenvalue weighted by molar-refractivity contribution is 0.0628. The Bertz CT molecular complexity index is 951. The van der Waals surface area contributed by atoms with E-state index in [4.69, 9.17) is 14.2 Å². The van der Waals surface area contributed by atoms with Crippen LogP contribution in [0.25, 0.3) is 0 Å².